The van der Waals surface area contributed by atoms with Gasteiger partial charge in [-0.1, -0.05) is 11.6 Å². The van der Waals surface area contributed by atoms with Crippen LogP contribution < -0.4 is 10.2 Å². The molecular weight excluding hydrogens is 606 g/mol. The maximum absolute atomic E-state index is 13.1. The molecule has 0 saturated heterocycles. The van der Waals surface area contributed by atoms with Crippen molar-refractivity contribution in [1.29, 1.82) is 5.41 Å². The second-order valence-corrected chi connectivity index (χ2v) is 10.2. The SMILES string of the molecule is N=C1/C(Cl)=C\OOC(O)(O)c2cnc(NC3CCC(N(C(=O)OCC(O)(O)O)c4cnc(-c5cncnc5)cn4)CC3)nc21. The van der Waals surface area contributed by atoms with Gasteiger partial charge in [0.25, 0.3) is 0 Å². The number of ether oxygens (including phenoxy) is 1. The average Bonchev–Trinajstić information content (AvgIpc) is 3.00. The van der Waals surface area contributed by atoms with Crippen LogP contribution in [0.15, 0.2) is 48.6 Å². The van der Waals surface area contributed by atoms with Gasteiger partial charge in [0.2, 0.25) is 5.95 Å². The lowest BCUT2D eigenvalue weighted by Gasteiger charge is -2.36. The normalized spacial score (nSPS) is 21.0. The third-order valence-corrected chi connectivity index (χ3v) is 6.93. The van der Waals surface area contributed by atoms with E-state index in [0.29, 0.717) is 36.9 Å². The molecule has 18 nitrogen and oxygen atoms in total. The van der Waals surface area contributed by atoms with E-state index in [9.17, 15) is 30.3 Å². The second kappa shape index (κ2) is 12.7. The van der Waals surface area contributed by atoms with Gasteiger partial charge < -0.3 is 40.5 Å². The van der Waals surface area contributed by atoms with Gasteiger partial charge in [0.05, 0.1) is 23.7 Å². The molecule has 7 N–H and O–H groups in total. The summed E-state index contributed by atoms with van der Waals surface area (Å²) in [6.45, 7) is -1.10. The molecule has 1 amide bonds. The number of carbonyl (C=O) groups is 1. The first-order chi connectivity index (χ1) is 20.9. The van der Waals surface area contributed by atoms with Gasteiger partial charge in [0.1, 0.15) is 22.8 Å². The second-order valence-electron chi connectivity index (χ2n) is 9.82. The number of anilines is 2. The van der Waals surface area contributed by atoms with Gasteiger partial charge in [-0.3, -0.25) is 15.3 Å². The largest absolute Gasteiger partial charge is 0.440 e. The monoisotopic (exact) mass is 631 g/mol. The summed E-state index contributed by atoms with van der Waals surface area (Å²) in [7, 11) is 0. The number of hydrogen-bond donors (Lipinski definition) is 7. The van der Waals surface area contributed by atoms with E-state index >= 15 is 0 Å². The molecule has 0 bridgehead atoms. The summed E-state index contributed by atoms with van der Waals surface area (Å²) in [6, 6.07) is -0.656. The van der Waals surface area contributed by atoms with E-state index in [-0.39, 0.29) is 39.8 Å². The zero-order valence-corrected chi connectivity index (χ0v) is 23.4. The lowest BCUT2D eigenvalue weighted by atomic mass is 9.90. The predicted molar refractivity (Wildman–Crippen MR) is 147 cm³/mol. The minimum absolute atomic E-state index is 0.0755. The number of aromatic nitrogens is 6. The van der Waals surface area contributed by atoms with Crippen molar-refractivity contribution in [1.82, 2.24) is 29.9 Å². The molecular formula is C25H26ClN9O9. The molecule has 1 fully saturated rings. The Morgan fingerprint density at radius 3 is 2.48 bits per heavy atom. The Morgan fingerprint density at radius 2 is 1.82 bits per heavy atom. The van der Waals surface area contributed by atoms with Crippen LogP contribution in [-0.4, -0.2) is 91.9 Å². The number of aliphatic hydroxyl groups is 5. The summed E-state index contributed by atoms with van der Waals surface area (Å²) in [5.41, 5.74) is 0.144. The summed E-state index contributed by atoms with van der Waals surface area (Å²) in [5.74, 6) is -5.96. The van der Waals surface area contributed by atoms with E-state index in [1.165, 1.54) is 23.6 Å². The van der Waals surface area contributed by atoms with E-state index in [1.807, 2.05) is 0 Å². The minimum Gasteiger partial charge on any atom is -0.440 e. The quantitative estimate of drug-likeness (QED) is 0.136. The molecule has 232 valence electrons. The standard InChI is InChI=1S/C25H26ClN9O9/c26-17-10-43-44-25(40,41)16-7-32-22(34-21(16)20(17)27)33-14-1-3-15(4-2-14)35(23(36)42-11-24(37,38)39)19-9-30-18(8-31-19)13-5-28-12-29-6-13/h5-10,12,14-15,27,37-41H,1-4,11H2,(H,32,33,34)/b17-10+,27-20?. The molecule has 0 unspecified atom stereocenters. The smallest absolute Gasteiger partial charge is 0.416 e. The van der Waals surface area contributed by atoms with Crippen molar-refractivity contribution in [3.8, 4) is 11.3 Å². The van der Waals surface area contributed by atoms with Crippen molar-refractivity contribution < 1.29 is 44.8 Å². The van der Waals surface area contributed by atoms with Crippen LogP contribution in [0.25, 0.3) is 11.3 Å². The van der Waals surface area contributed by atoms with Crippen LogP contribution in [0.4, 0.5) is 16.6 Å². The maximum atomic E-state index is 13.1. The summed E-state index contributed by atoms with van der Waals surface area (Å²) < 4.78 is 4.94. The fourth-order valence-corrected chi connectivity index (χ4v) is 4.70. The Kier molecular flexibility index (Phi) is 8.92. The van der Waals surface area contributed by atoms with Crippen LogP contribution in [0, 0.1) is 5.41 Å². The van der Waals surface area contributed by atoms with Gasteiger partial charge in [0, 0.05) is 36.2 Å². The van der Waals surface area contributed by atoms with Crippen LogP contribution in [0.2, 0.25) is 0 Å². The Labute approximate surface area is 253 Å². The number of rotatable bonds is 7. The molecule has 0 aromatic carbocycles. The number of amides is 1. The summed E-state index contributed by atoms with van der Waals surface area (Å²) >= 11 is 6.01. The van der Waals surface area contributed by atoms with Crippen LogP contribution >= 0.6 is 11.6 Å². The molecule has 1 aliphatic carbocycles. The molecule has 0 radical (unpaired) electrons. The minimum atomic E-state index is -3.22. The number of hydrogen-bond acceptors (Lipinski definition) is 17. The average molecular weight is 632 g/mol. The van der Waals surface area contributed by atoms with E-state index in [1.54, 1.807) is 12.4 Å². The van der Waals surface area contributed by atoms with Crippen LogP contribution in [0.5, 0.6) is 0 Å². The summed E-state index contributed by atoms with van der Waals surface area (Å²) in [5, 5.41) is 59.2. The van der Waals surface area contributed by atoms with E-state index in [0.717, 1.165) is 12.5 Å². The van der Waals surface area contributed by atoms with Gasteiger partial charge >= 0.3 is 18.0 Å². The van der Waals surface area contributed by atoms with Crippen molar-refractivity contribution in [2.45, 2.75) is 49.7 Å². The zero-order chi connectivity index (χ0) is 31.5. The molecule has 19 heteroatoms. The Balaban J connectivity index is 1.31. The number of allylic oxidation sites excluding steroid dienone is 1. The first-order valence-electron chi connectivity index (χ1n) is 13.0. The fourth-order valence-electron chi connectivity index (χ4n) is 4.58. The maximum Gasteiger partial charge on any atom is 0.416 e. The molecule has 1 saturated carbocycles. The molecule has 3 aromatic rings. The van der Waals surface area contributed by atoms with Gasteiger partial charge in [-0.05, 0) is 25.7 Å². The molecule has 5 rings (SSSR count). The highest BCUT2D eigenvalue weighted by atomic mass is 35.5. The van der Waals surface area contributed by atoms with Gasteiger partial charge in [-0.2, -0.15) is 0 Å². The van der Waals surface area contributed by atoms with E-state index in [2.05, 4.69) is 45.0 Å². The van der Waals surface area contributed by atoms with Crippen molar-refractivity contribution in [2.24, 2.45) is 0 Å². The topological polar surface area (TPSA) is 262 Å². The highest BCUT2D eigenvalue weighted by molar-refractivity contribution is 6.45. The van der Waals surface area contributed by atoms with E-state index in [4.69, 9.17) is 21.7 Å². The zero-order valence-electron chi connectivity index (χ0n) is 22.6. The lowest BCUT2D eigenvalue weighted by molar-refractivity contribution is -0.480. The van der Waals surface area contributed by atoms with Crippen molar-refractivity contribution in [3.63, 3.8) is 0 Å². The Bertz CT molecular complexity index is 1530. The predicted octanol–water partition coefficient (Wildman–Crippen LogP) is 0.225. The lowest BCUT2D eigenvalue weighted by Crippen LogP contribution is -2.46. The third-order valence-electron chi connectivity index (χ3n) is 6.65. The number of carbonyl (C=O) groups excluding carboxylic acids is 1. The van der Waals surface area contributed by atoms with Gasteiger partial charge in [-0.25, -0.2) is 29.7 Å². The molecule has 3 aromatic heterocycles. The molecule has 44 heavy (non-hydrogen) atoms. The summed E-state index contributed by atoms with van der Waals surface area (Å²) in [4.78, 5) is 48.3. The molecule has 0 spiro atoms. The van der Waals surface area contributed by atoms with E-state index < -0.39 is 30.7 Å². The first kappa shape index (κ1) is 31.0. The highest BCUT2D eigenvalue weighted by Crippen LogP contribution is 2.31. The summed E-state index contributed by atoms with van der Waals surface area (Å²) in [6.07, 6.45) is 9.97. The third kappa shape index (κ3) is 7.19. The number of fused-ring (bicyclic) bond motifs is 1. The van der Waals surface area contributed by atoms with Crippen molar-refractivity contribution in [3.05, 3.63) is 59.9 Å². The molecule has 4 heterocycles. The first-order valence-corrected chi connectivity index (χ1v) is 13.4. The molecule has 1 aliphatic heterocycles. The van der Waals surface area contributed by atoms with Gasteiger partial charge in [-0.15, -0.1) is 4.89 Å². The number of halogens is 1. The fraction of sp³-hybridized carbons (Fsp3) is 0.360. The Hall–Kier alpha value is -4.43. The van der Waals surface area contributed by atoms with Crippen LogP contribution in [-0.2, 0) is 20.5 Å². The van der Waals surface area contributed by atoms with Crippen molar-refractivity contribution >= 4 is 35.2 Å². The Morgan fingerprint density at radius 1 is 1.09 bits per heavy atom. The highest BCUT2D eigenvalue weighted by Gasteiger charge is 2.38. The number of nitrogens with zero attached hydrogens (tertiary/aromatic N) is 7. The molecule has 2 aliphatic rings. The molecule has 0 atom stereocenters. The van der Waals surface area contributed by atoms with Crippen LogP contribution in [0.1, 0.15) is 36.9 Å². The van der Waals surface area contributed by atoms with Crippen molar-refractivity contribution in [2.75, 3.05) is 16.8 Å². The number of nitrogens with one attached hydrogen (secondary N) is 2. The van der Waals surface area contributed by atoms with Gasteiger partial charge in [0.15, 0.2) is 18.7 Å². The van der Waals surface area contributed by atoms with Crippen LogP contribution in [0.3, 0.4) is 0 Å².